The number of ether oxygens (including phenoxy) is 1. The molecule has 150 valence electrons. The highest BCUT2D eigenvalue weighted by Crippen LogP contribution is 2.36. The molecule has 5 rings (SSSR count). The van der Waals surface area contributed by atoms with Gasteiger partial charge in [-0.15, -0.1) is 12.4 Å². The number of rotatable bonds is 4. The number of nitrogens with zero attached hydrogens (tertiary/aromatic N) is 3. The first-order chi connectivity index (χ1) is 13.9. The Hall–Kier alpha value is -2.79. The van der Waals surface area contributed by atoms with Crippen molar-refractivity contribution < 1.29 is 4.74 Å². The van der Waals surface area contributed by atoms with Crippen molar-refractivity contribution in [3.05, 3.63) is 71.4 Å². The van der Waals surface area contributed by atoms with Crippen molar-refractivity contribution in [3.8, 4) is 5.75 Å². The minimum absolute atomic E-state index is 0. The summed E-state index contributed by atoms with van der Waals surface area (Å²) >= 11 is 0. The SMILES string of the molecule is Cl.c1ccc(CNc2nc(N3CCOc4ccccc43)nc3c2CCCC3)cc1. The van der Waals surface area contributed by atoms with E-state index in [4.69, 9.17) is 14.7 Å². The molecule has 0 unspecified atom stereocenters. The number of para-hydroxylation sites is 2. The molecule has 5 nitrogen and oxygen atoms in total. The van der Waals surface area contributed by atoms with Crippen LogP contribution >= 0.6 is 12.4 Å². The predicted octanol–water partition coefficient (Wildman–Crippen LogP) is 4.92. The minimum atomic E-state index is 0. The molecule has 3 aromatic rings. The largest absolute Gasteiger partial charge is 0.490 e. The van der Waals surface area contributed by atoms with Gasteiger partial charge >= 0.3 is 0 Å². The van der Waals surface area contributed by atoms with E-state index >= 15 is 0 Å². The lowest BCUT2D eigenvalue weighted by molar-refractivity contribution is 0.313. The fraction of sp³-hybridized carbons (Fsp3) is 0.304. The third-order valence-corrected chi connectivity index (χ3v) is 5.44. The van der Waals surface area contributed by atoms with Gasteiger partial charge in [0, 0.05) is 12.1 Å². The van der Waals surface area contributed by atoms with Crippen molar-refractivity contribution in [1.82, 2.24) is 9.97 Å². The van der Waals surface area contributed by atoms with E-state index in [2.05, 4.69) is 40.5 Å². The molecule has 1 aromatic heterocycles. The van der Waals surface area contributed by atoms with Crippen molar-refractivity contribution in [1.29, 1.82) is 0 Å². The van der Waals surface area contributed by atoms with E-state index in [1.807, 2.05) is 24.3 Å². The second-order valence-electron chi connectivity index (χ2n) is 7.31. The van der Waals surface area contributed by atoms with Crippen LogP contribution in [0.4, 0.5) is 17.5 Å². The van der Waals surface area contributed by atoms with Gasteiger partial charge < -0.3 is 15.0 Å². The molecule has 29 heavy (non-hydrogen) atoms. The molecule has 0 saturated carbocycles. The second-order valence-corrected chi connectivity index (χ2v) is 7.31. The molecule has 0 fully saturated rings. The molecule has 2 heterocycles. The van der Waals surface area contributed by atoms with E-state index in [0.29, 0.717) is 6.61 Å². The zero-order chi connectivity index (χ0) is 18.8. The molecule has 0 radical (unpaired) electrons. The molecule has 2 aliphatic rings. The molecule has 1 aliphatic carbocycles. The maximum absolute atomic E-state index is 5.81. The Morgan fingerprint density at radius 3 is 2.62 bits per heavy atom. The molecule has 2 aromatic carbocycles. The van der Waals surface area contributed by atoms with Crippen LogP contribution in [0, 0.1) is 0 Å². The molecular formula is C23H25ClN4O. The zero-order valence-corrected chi connectivity index (χ0v) is 17.1. The summed E-state index contributed by atoms with van der Waals surface area (Å²) in [6, 6.07) is 18.6. The zero-order valence-electron chi connectivity index (χ0n) is 16.3. The van der Waals surface area contributed by atoms with Crippen molar-refractivity contribution in [2.24, 2.45) is 0 Å². The summed E-state index contributed by atoms with van der Waals surface area (Å²) in [5.41, 5.74) is 4.77. The number of halogens is 1. The fourth-order valence-corrected chi connectivity index (χ4v) is 4.01. The van der Waals surface area contributed by atoms with Crippen LogP contribution in [-0.4, -0.2) is 23.1 Å². The predicted molar refractivity (Wildman–Crippen MR) is 119 cm³/mol. The van der Waals surface area contributed by atoms with Crippen LogP contribution in [0.1, 0.15) is 29.7 Å². The van der Waals surface area contributed by atoms with E-state index in [-0.39, 0.29) is 12.4 Å². The first-order valence-corrected chi connectivity index (χ1v) is 10.1. The summed E-state index contributed by atoms with van der Waals surface area (Å²) in [7, 11) is 0. The number of fused-ring (bicyclic) bond motifs is 2. The van der Waals surface area contributed by atoms with Gasteiger partial charge in [0.1, 0.15) is 18.2 Å². The van der Waals surface area contributed by atoms with Gasteiger partial charge in [0.05, 0.1) is 17.9 Å². The summed E-state index contributed by atoms with van der Waals surface area (Å²) in [4.78, 5) is 12.1. The van der Waals surface area contributed by atoms with Crippen LogP contribution in [-0.2, 0) is 19.4 Å². The van der Waals surface area contributed by atoms with Crippen LogP contribution in [0.25, 0.3) is 0 Å². The normalized spacial score (nSPS) is 14.8. The standard InChI is InChI=1S/C23H24N4O.ClH/c1-2-8-17(9-3-1)16-24-22-18-10-4-5-11-19(18)25-23(26-22)27-14-15-28-21-13-7-6-12-20(21)27;/h1-3,6-9,12-13H,4-5,10-11,14-16H2,(H,24,25,26);1H. The van der Waals surface area contributed by atoms with E-state index in [1.165, 1.54) is 29.7 Å². The fourth-order valence-electron chi connectivity index (χ4n) is 4.01. The van der Waals surface area contributed by atoms with Crippen LogP contribution in [0.2, 0.25) is 0 Å². The second kappa shape index (κ2) is 8.70. The molecule has 1 aliphatic heterocycles. The lowest BCUT2D eigenvalue weighted by Crippen LogP contribution is -2.30. The van der Waals surface area contributed by atoms with Crippen LogP contribution in [0.5, 0.6) is 5.75 Å². The summed E-state index contributed by atoms with van der Waals surface area (Å²) in [5, 5.41) is 3.58. The molecule has 0 atom stereocenters. The number of benzene rings is 2. The molecular weight excluding hydrogens is 384 g/mol. The molecule has 0 amide bonds. The minimum Gasteiger partial charge on any atom is -0.490 e. The lowest BCUT2D eigenvalue weighted by atomic mass is 9.96. The number of hydrogen-bond acceptors (Lipinski definition) is 5. The summed E-state index contributed by atoms with van der Waals surface area (Å²) < 4.78 is 5.81. The number of aromatic nitrogens is 2. The Kier molecular flexibility index (Phi) is 5.86. The summed E-state index contributed by atoms with van der Waals surface area (Å²) in [6.45, 7) is 2.17. The van der Waals surface area contributed by atoms with E-state index in [9.17, 15) is 0 Å². The maximum Gasteiger partial charge on any atom is 0.232 e. The smallest absolute Gasteiger partial charge is 0.232 e. The summed E-state index contributed by atoms with van der Waals surface area (Å²) in [6.07, 6.45) is 4.47. The van der Waals surface area contributed by atoms with Crippen molar-refractivity contribution >= 4 is 29.9 Å². The Morgan fingerprint density at radius 1 is 0.931 bits per heavy atom. The first-order valence-electron chi connectivity index (χ1n) is 10.1. The van der Waals surface area contributed by atoms with Crippen LogP contribution in [0.3, 0.4) is 0 Å². The highest BCUT2D eigenvalue weighted by molar-refractivity contribution is 5.85. The molecule has 0 saturated heterocycles. The van der Waals surface area contributed by atoms with Gasteiger partial charge in [-0.25, -0.2) is 4.98 Å². The van der Waals surface area contributed by atoms with Gasteiger partial charge in [-0.3, -0.25) is 0 Å². The van der Waals surface area contributed by atoms with Gasteiger partial charge in [0.25, 0.3) is 0 Å². The number of hydrogen-bond donors (Lipinski definition) is 1. The highest BCUT2D eigenvalue weighted by atomic mass is 35.5. The van der Waals surface area contributed by atoms with Gasteiger partial charge in [0.15, 0.2) is 0 Å². The molecule has 0 bridgehead atoms. The maximum atomic E-state index is 5.81. The van der Waals surface area contributed by atoms with Crippen molar-refractivity contribution in [2.75, 3.05) is 23.4 Å². The van der Waals surface area contributed by atoms with Crippen molar-refractivity contribution in [3.63, 3.8) is 0 Å². The number of anilines is 3. The average Bonchev–Trinajstić information content (AvgIpc) is 2.77. The van der Waals surface area contributed by atoms with Crippen molar-refractivity contribution in [2.45, 2.75) is 32.2 Å². The topological polar surface area (TPSA) is 50.3 Å². The third kappa shape index (κ3) is 4.01. The monoisotopic (exact) mass is 408 g/mol. The Balaban J connectivity index is 0.00000205. The number of nitrogens with one attached hydrogen (secondary N) is 1. The van der Waals surface area contributed by atoms with Gasteiger partial charge in [-0.2, -0.15) is 4.98 Å². The lowest BCUT2D eigenvalue weighted by Gasteiger charge is -2.31. The van der Waals surface area contributed by atoms with E-state index in [0.717, 1.165) is 49.1 Å². The number of aryl methyl sites for hydroxylation is 1. The van der Waals surface area contributed by atoms with Gasteiger partial charge in [-0.05, 0) is 43.4 Å². The molecule has 0 spiro atoms. The first kappa shape index (κ1) is 19.5. The third-order valence-electron chi connectivity index (χ3n) is 5.44. The van der Waals surface area contributed by atoms with Gasteiger partial charge in [-0.1, -0.05) is 42.5 Å². The molecule has 6 heteroatoms. The average molecular weight is 409 g/mol. The Bertz CT molecular complexity index is 980. The molecule has 1 N–H and O–H groups in total. The van der Waals surface area contributed by atoms with Crippen LogP contribution in [0.15, 0.2) is 54.6 Å². The van der Waals surface area contributed by atoms with E-state index in [1.54, 1.807) is 0 Å². The summed E-state index contributed by atoms with van der Waals surface area (Å²) in [5.74, 6) is 2.65. The van der Waals surface area contributed by atoms with Crippen LogP contribution < -0.4 is 15.0 Å². The van der Waals surface area contributed by atoms with E-state index < -0.39 is 0 Å². The highest BCUT2D eigenvalue weighted by Gasteiger charge is 2.25. The van der Waals surface area contributed by atoms with Gasteiger partial charge in [0.2, 0.25) is 5.95 Å². The quantitative estimate of drug-likeness (QED) is 0.664. The Labute approximate surface area is 177 Å². The Morgan fingerprint density at radius 2 is 1.72 bits per heavy atom.